The third kappa shape index (κ3) is 1.44. The molecule has 0 atom stereocenters. The van der Waals surface area contributed by atoms with Crippen molar-refractivity contribution in [1.82, 2.24) is 0 Å². The summed E-state index contributed by atoms with van der Waals surface area (Å²) < 4.78 is 4.83. The minimum atomic E-state index is 0.771. The van der Waals surface area contributed by atoms with E-state index >= 15 is 0 Å². The minimum Gasteiger partial charge on any atom is -0.593 e. The van der Waals surface area contributed by atoms with Gasteiger partial charge in [0.1, 0.15) is 0 Å². The van der Waals surface area contributed by atoms with E-state index < -0.39 is 0 Å². The molecule has 1 aliphatic heterocycles. The van der Waals surface area contributed by atoms with E-state index in [0.717, 1.165) is 13.0 Å². The maximum Gasteiger partial charge on any atom is 0.0644 e. The largest absolute Gasteiger partial charge is 0.593 e. The molecule has 0 amide bonds. The molecule has 1 nitrogen and oxygen atoms in total. The lowest BCUT2D eigenvalue weighted by atomic mass is 10.4. The van der Waals surface area contributed by atoms with Crippen LogP contribution in [0.4, 0.5) is 0 Å². The van der Waals surface area contributed by atoms with Crippen molar-refractivity contribution in [3.05, 3.63) is 24.5 Å². The summed E-state index contributed by atoms with van der Waals surface area (Å²) in [7, 11) is 0. The molecule has 0 radical (unpaired) electrons. The molecular formula is C6H7O-. The van der Waals surface area contributed by atoms with Gasteiger partial charge in [0, 0.05) is 0 Å². The van der Waals surface area contributed by atoms with Gasteiger partial charge in [-0.3, -0.25) is 0 Å². The first-order valence-electron chi connectivity index (χ1n) is 2.36. The van der Waals surface area contributed by atoms with Gasteiger partial charge >= 0.3 is 0 Å². The summed E-state index contributed by atoms with van der Waals surface area (Å²) in [5.41, 5.74) is 0. The zero-order valence-electron chi connectivity index (χ0n) is 4.05. The molecule has 0 aromatic rings. The number of ether oxygens (including phenoxy) is 1. The van der Waals surface area contributed by atoms with Gasteiger partial charge < -0.3 is 4.74 Å². The second kappa shape index (κ2) is 2.45. The molecule has 1 aliphatic rings. The summed E-state index contributed by atoms with van der Waals surface area (Å²) >= 11 is 0. The van der Waals surface area contributed by atoms with Gasteiger partial charge in [0.05, 0.1) is 6.61 Å². The first-order chi connectivity index (χ1) is 3.50. The van der Waals surface area contributed by atoms with Crippen molar-refractivity contribution in [3.63, 3.8) is 0 Å². The Balaban J connectivity index is 2.39. The SMILES string of the molecule is [C-]1=CC=CCCO1. The van der Waals surface area contributed by atoms with Crippen LogP contribution in [0.2, 0.25) is 0 Å². The van der Waals surface area contributed by atoms with Crippen LogP contribution in [0.1, 0.15) is 6.42 Å². The van der Waals surface area contributed by atoms with E-state index in [0.29, 0.717) is 0 Å². The fraction of sp³-hybridized carbons (Fsp3) is 0.333. The van der Waals surface area contributed by atoms with Gasteiger partial charge in [-0.15, -0.1) is 0 Å². The fourth-order valence-electron chi connectivity index (χ4n) is 0.438. The van der Waals surface area contributed by atoms with E-state index in [2.05, 4.69) is 12.3 Å². The molecule has 38 valence electrons. The molecule has 7 heavy (non-hydrogen) atoms. The molecule has 0 fully saturated rings. The topological polar surface area (TPSA) is 9.23 Å². The zero-order valence-corrected chi connectivity index (χ0v) is 4.05. The molecule has 0 spiro atoms. The third-order valence-corrected chi connectivity index (χ3v) is 0.770. The maximum absolute atomic E-state index is 4.83. The Morgan fingerprint density at radius 3 is 3.57 bits per heavy atom. The highest BCUT2D eigenvalue weighted by Gasteiger charge is 1.72. The zero-order chi connectivity index (χ0) is 4.95. The van der Waals surface area contributed by atoms with Crippen molar-refractivity contribution in [2.45, 2.75) is 6.42 Å². The van der Waals surface area contributed by atoms with Crippen molar-refractivity contribution in [2.75, 3.05) is 6.61 Å². The summed E-state index contributed by atoms with van der Waals surface area (Å²) in [6.07, 6.45) is 9.40. The summed E-state index contributed by atoms with van der Waals surface area (Å²) in [6.45, 7) is 0.771. The molecule has 0 aromatic carbocycles. The minimum absolute atomic E-state index is 0.771. The molecule has 0 aromatic heterocycles. The quantitative estimate of drug-likeness (QED) is 0.412. The molecule has 1 rings (SSSR count). The van der Waals surface area contributed by atoms with E-state index in [-0.39, 0.29) is 0 Å². The number of hydrogen-bond donors (Lipinski definition) is 0. The van der Waals surface area contributed by atoms with Crippen LogP contribution in [0.5, 0.6) is 0 Å². The van der Waals surface area contributed by atoms with Crippen LogP contribution in [0.3, 0.4) is 0 Å². The smallest absolute Gasteiger partial charge is 0.0644 e. The van der Waals surface area contributed by atoms with Gasteiger partial charge in [-0.1, -0.05) is 6.26 Å². The van der Waals surface area contributed by atoms with Crippen molar-refractivity contribution < 1.29 is 4.74 Å². The van der Waals surface area contributed by atoms with Crippen molar-refractivity contribution in [1.29, 1.82) is 0 Å². The van der Waals surface area contributed by atoms with Gasteiger partial charge in [-0.25, -0.2) is 6.08 Å². The van der Waals surface area contributed by atoms with Crippen molar-refractivity contribution in [2.24, 2.45) is 0 Å². The molecule has 0 saturated heterocycles. The lowest BCUT2D eigenvalue weighted by molar-refractivity contribution is 0.237. The highest BCUT2D eigenvalue weighted by Crippen LogP contribution is 1.90. The Bertz CT molecular complexity index is 80.4. The summed E-state index contributed by atoms with van der Waals surface area (Å²) in [4.78, 5) is 0. The average molecular weight is 95.1 g/mol. The van der Waals surface area contributed by atoms with E-state index in [9.17, 15) is 0 Å². The number of rotatable bonds is 0. The van der Waals surface area contributed by atoms with Crippen LogP contribution in [-0.2, 0) is 4.74 Å². The predicted octanol–water partition coefficient (Wildman–Crippen LogP) is 1.28. The maximum atomic E-state index is 4.83. The van der Waals surface area contributed by atoms with Crippen molar-refractivity contribution in [3.8, 4) is 0 Å². The fourth-order valence-corrected chi connectivity index (χ4v) is 0.438. The molecular weight excluding hydrogens is 88.1 g/mol. The summed E-state index contributed by atoms with van der Waals surface area (Å²) in [5.74, 6) is 0. The second-order valence-electron chi connectivity index (χ2n) is 1.35. The van der Waals surface area contributed by atoms with Gasteiger partial charge in [-0.05, 0) is 6.42 Å². The first kappa shape index (κ1) is 4.44. The summed E-state index contributed by atoms with van der Waals surface area (Å²) in [6, 6.07) is 0. The van der Waals surface area contributed by atoms with Crippen LogP contribution in [0.25, 0.3) is 0 Å². The van der Waals surface area contributed by atoms with Gasteiger partial charge in [0.2, 0.25) is 0 Å². The van der Waals surface area contributed by atoms with Crippen LogP contribution in [0.15, 0.2) is 18.2 Å². The lowest BCUT2D eigenvalue weighted by Crippen LogP contribution is -1.80. The second-order valence-corrected chi connectivity index (χ2v) is 1.35. The van der Waals surface area contributed by atoms with Crippen LogP contribution in [-0.4, -0.2) is 6.61 Å². The van der Waals surface area contributed by atoms with E-state index in [1.807, 2.05) is 6.08 Å². The Kier molecular flexibility index (Phi) is 1.56. The number of allylic oxidation sites excluding steroid dienone is 2. The summed E-state index contributed by atoms with van der Waals surface area (Å²) in [5, 5.41) is 0. The van der Waals surface area contributed by atoms with Gasteiger partial charge in [0.25, 0.3) is 0 Å². The molecule has 0 N–H and O–H groups in total. The highest BCUT2D eigenvalue weighted by atomic mass is 16.5. The Labute approximate surface area is 43.3 Å². The van der Waals surface area contributed by atoms with Crippen LogP contribution >= 0.6 is 0 Å². The van der Waals surface area contributed by atoms with Gasteiger partial charge in [0.15, 0.2) is 0 Å². The standard InChI is InChI=1S/C6H7O/c1-2-4-6-7-5-3-1/h1-3H,4,6H2/q-1. The lowest BCUT2D eigenvalue weighted by Gasteiger charge is -1.97. The highest BCUT2D eigenvalue weighted by molar-refractivity contribution is 4.98. The Morgan fingerprint density at radius 1 is 1.57 bits per heavy atom. The molecule has 0 unspecified atom stereocenters. The van der Waals surface area contributed by atoms with Crippen LogP contribution in [0, 0.1) is 6.26 Å². The third-order valence-electron chi connectivity index (χ3n) is 0.770. The Hall–Kier alpha value is -0.720. The average Bonchev–Trinajstić information content (AvgIpc) is 1.90. The Morgan fingerprint density at radius 2 is 2.57 bits per heavy atom. The van der Waals surface area contributed by atoms with E-state index in [1.165, 1.54) is 0 Å². The predicted molar refractivity (Wildman–Crippen MR) is 27.5 cm³/mol. The molecule has 0 saturated carbocycles. The molecule has 0 aliphatic carbocycles. The van der Waals surface area contributed by atoms with Gasteiger partial charge in [-0.2, -0.15) is 12.2 Å². The first-order valence-corrected chi connectivity index (χ1v) is 2.36. The number of hydrogen-bond acceptors (Lipinski definition) is 1. The molecule has 1 heteroatoms. The van der Waals surface area contributed by atoms with E-state index in [1.54, 1.807) is 6.08 Å². The van der Waals surface area contributed by atoms with E-state index in [4.69, 9.17) is 4.74 Å². The molecule has 0 bridgehead atoms. The molecule has 1 heterocycles. The van der Waals surface area contributed by atoms with Crippen molar-refractivity contribution >= 4 is 0 Å². The monoisotopic (exact) mass is 95.1 g/mol. The van der Waals surface area contributed by atoms with Crippen LogP contribution < -0.4 is 0 Å². The normalized spacial score (nSPS) is 18.3.